The van der Waals surface area contributed by atoms with E-state index in [2.05, 4.69) is 44.2 Å². The second-order valence-corrected chi connectivity index (χ2v) is 6.31. The molecule has 2 N–H and O–H groups in total. The standard InChI is InChI=1S/C20H19NO/c1-11-14-9-10-15(11)19(20(21)22)18(12(14)2)17-8-4-6-13-5-3-7-16(13)17/h3-4,6-8H,5,9-10H2,1-2H3,(H2,21,22). The highest BCUT2D eigenvalue weighted by molar-refractivity contribution is 6.04. The maximum Gasteiger partial charge on any atom is 0.249 e. The molecule has 4 rings (SSSR count). The second kappa shape index (κ2) is 4.57. The molecule has 0 spiro atoms. The number of hydrogen-bond donors (Lipinski definition) is 1. The number of benzene rings is 2. The second-order valence-electron chi connectivity index (χ2n) is 6.31. The lowest BCUT2D eigenvalue weighted by Gasteiger charge is -2.18. The van der Waals surface area contributed by atoms with E-state index in [0.29, 0.717) is 0 Å². The van der Waals surface area contributed by atoms with Crippen LogP contribution in [0.3, 0.4) is 0 Å². The summed E-state index contributed by atoms with van der Waals surface area (Å²) in [7, 11) is 0. The van der Waals surface area contributed by atoms with E-state index in [1.165, 1.54) is 27.8 Å². The Labute approximate surface area is 130 Å². The molecule has 1 amide bonds. The van der Waals surface area contributed by atoms with Crippen molar-refractivity contribution in [3.8, 4) is 11.1 Å². The van der Waals surface area contributed by atoms with Crippen LogP contribution in [0, 0.1) is 13.8 Å². The van der Waals surface area contributed by atoms with E-state index >= 15 is 0 Å². The lowest BCUT2D eigenvalue weighted by atomic mass is 9.85. The van der Waals surface area contributed by atoms with Crippen LogP contribution >= 0.6 is 0 Å². The van der Waals surface area contributed by atoms with Crippen molar-refractivity contribution in [1.29, 1.82) is 0 Å². The lowest BCUT2D eigenvalue weighted by molar-refractivity contribution is 0.1000. The Kier molecular flexibility index (Phi) is 2.77. The van der Waals surface area contributed by atoms with Gasteiger partial charge in [0.1, 0.15) is 0 Å². The summed E-state index contributed by atoms with van der Waals surface area (Å²) < 4.78 is 0. The molecule has 0 heterocycles. The van der Waals surface area contributed by atoms with Crippen molar-refractivity contribution in [3.05, 3.63) is 63.2 Å². The molecule has 0 unspecified atom stereocenters. The van der Waals surface area contributed by atoms with Gasteiger partial charge in [-0.1, -0.05) is 30.4 Å². The Morgan fingerprint density at radius 2 is 1.86 bits per heavy atom. The van der Waals surface area contributed by atoms with Gasteiger partial charge in [-0.15, -0.1) is 0 Å². The summed E-state index contributed by atoms with van der Waals surface area (Å²) in [6.07, 6.45) is 7.29. The molecule has 0 aromatic heterocycles. The molecule has 0 saturated carbocycles. The number of hydrogen-bond acceptors (Lipinski definition) is 1. The minimum atomic E-state index is -0.302. The fourth-order valence-electron chi connectivity index (χ4n) is 4.20. The number of rotatable bonds is 2. The largest absolute Gasteiger partial charge is 0.366 e. The van der Waals surface area contributed by atoms with Crippen molar-refractivity contribution < 1.29 is 4.79 Å². The van der Waals surface area contributed by atoms with Crippen LogP contribution in [0.4, 0.5) is 0 Å². The third kappa shape index (κ3) is 1.64. The number of allylic oxidation sites excluding steroid dienone is 1. The van der Waals surface area contributed by atoms with Gasteiger partial charge in [0.15, 0.2) is 0 Å². The summed E-state index contributed by atoms with van der Waals surface area (Å²) in [5.74, 6) is -0.302. The Hall–Kier alpha value is -2.35. The van der Waals surface area contributed by atoms with Gasteiger partial charge in [0, 0.05) is 0 Å². The summed E-state index contributed by atoms with van der Waals surface area (Å²) in [5, 5.41) is 0. The van der Waals surface area contributed by atoms with Gasteiger partial charge < -0.3 is 5.73 Å². The van der Waals surface area contributed by atoms with Crippen LogP contribution in [0.15, 0.2) is 24.3 Å². The van der Waals surface area contributed by atoms with E-state index < -0.39 is 0 Å². The maximum absolute atomic E-state index is 12.2. The molecule has 0 radical (unpaired) electrons. The molecule has 0 aliphatic heterocycles. The van der Waals surface area contributed by atoms with Crippen LogP contribution in [-0.4, -0.2) is 5.91 Å². The van der Waals surface area contributed by atoms with E-state index in [0.717, 1.165) is 41.5 Å². The number of carbonyl (C=O) groups is 1. The summed E-state index contributed by atoms with van der Waals surface area (Å²) >= 11 is 0. The van der Waals surface area contributed by atoms with E-state index in [-0.39, 0.29) is 5.91 Å². The smallest absolute Gasteiger partial charge is 0.249 e. The van der Waals surface area contributed by atoms with Crippen LogP contribution < -0.4 is 5.73 Å². The van der Waals surface area contributed by atoms with Crippen molar-refractivity contribution >= 4 is 12.0 Å². The van der Waals surface area contributed by atoms with Crippen LogP contribution in [-0.2, 0) is 19.3 Å². The fraction of sp³-hybridized carbons (Fsp3) is 0.250. The van der Waals surface area contributed by atoms with Gasteiger partial charge in [-0.3, -0.25) is 4.79 Å². The number of carbonyl (C=O) groups excluding carboxylic acids is 1. The van der Waals surface area contributed by atoms with E-state index in [1.54, 1.807) is 0 Å². The van der Waals surface area contributed by atoms with E-state index in [4.69, 9.17) is 5.73 Å². The molecular formula is C20H19NO. The summed E-state index contributed by atoms with van der Waals surface area (Å²) in [5.41, 5.74) is 16.3. The molecule has 22 heavy (non-hydrogen) atoms. The summed E-state index contributed by atoms with van der Waals surface area (Å²) in [4.78, 5) is 12.2. The summed E-state index contributed by atoms with van der Waals surface area (Å²) in [6.45, 7) is 4.26. The first-order valence-electron chi connectivity index (χ1n) is 7.83. The molecule has 2 aromatic carbocycles. The van der Waals surface area contributed by atoms with Crippen LogP contribution in [0.25, 0.3) is 17.2 Å². The predicted octanol–water partition coefficient (Wildman–Crippen LogP) is 3.74. The van der Waals surface area contributed by atoms with Crippen molar-refractivity contribution in [2.24, 2.45) is 5.73 Å². The zero-order valence-corrected chi connectivity index (χ0v) is 13.0. The lowest BCUT2D eigenvalue weighted by Crippen LogP contribution is -2.16. The Morgan fingerprint density at radius 3 is 2.64 bits per heavy atom. The molecule has 110 valence electrons. The minimum absolute atomic E-state index is 0.302. The average Bonchev–Trinajstić information content (AvgIpc) is 3.06. The maximum atomic E-state index is 12.2. The third-order valence-electron chi connectivity index (χ3n) is 5.24. The monoisotopic (exact) mass is 289 g/mol. The first kappa shape index (κ1) is 13.3. The topological polar surface area (TPSA) is 43.1 Å². The molecular weight excluding hydrogens is 270 g/mol. The van der Waals surface area contributed by atoms with Gasteiger partial charge in [-0.2, -0.15) is 0 Å². The Bertz CT molecular complexity index is 859. The first-order chi connectivity index (χ1) is 10.6. The quantitative estimate of drug-likeness (QED) is 0.899. The van der Waals surface area contributed by atoms with Crippen LogP contribution in [0.2, 0.25) is 0 Å². The van der Waals surface area contributed by atoms with Gasteiger partial charge in [0.2, 0.25) is 5.91 Å². The zero-order valence-electron chi connectivity index (χ0n) is 13.0. The van der Waals surface area contributed by atoms with Gasteiger partial charge >= 0.3 is 0 Å². The molecule has 0 saturated heterocycles. The predicted molar refractivity (Wildman–Crippen MR) is 90.0 cm³/mol. The van der Waals surface area contributed by atoms with Crippen LogP contribution in [0.5, 0.6) is 0 Å². The van der Waals surface area contributed by atoms with Gasteiger partial charge in [0.25, 0.3) is 0 Å². The number of fused-ring (bicyclic) bond motifs is 3. The Balaban J connectivity index is 2.11. The molecule has 2 aromatic rings. The number of primary amides is 1. The first-order valence-corrected chi connectivity index (χ1v) is 7.83. The average molecular weight is 289 g/mol. The number of nitrogens with two attached hydrogens (primary N) is 1. The molecule has 0 atom stereocenters. The van der Waals surface area contributed by atoms with Crippen molar-refractivity contribution in [2.75, 3.05) is 0 Å². The highest BCUT2D eigenvalue weighted by Gasteiger charge is 2.28. The normalized spacial score (nSPS) is 14.5. The molecule has 2 aliphatic rings. The van der Waals surface area contributed by atoms with Crippen LogP contribution in [0.1, 0.15) is 43.7 Å². The van der Waals surface area contributed by atoms with Crippen molar-refractivity contribution in [3.63, 3.8) is 0 Å². The minimum Gasteiger partial charge on any atom is -0.366 e. The molecule has 2 nitrogen and oxygen atoms in total. The van der Waals surface area contributed by atoms with Gasteiger partial charge in [-0.05, 0) is 77.6 Å². The summed E-state index contributed by atoms with van der Waals surface area (Å²) in [6, 6.07) is 6.37. The van der Waals surface area contributed by atoms with E-state index in [1.807, 2.05) is 0 Å². The van der Waals surface area contributed by atoms with Gasteiger partial charge in [-0.25, -0.2) is 0 Å². The Morgan fingerprint density at radius 1 is 1.09 bits per heavy atom. The van der Waals surface area contributed by atoms with Crippen molar-refractivity contribution in [2.45, 2.75) is 33.1 Å². The highest BCUT2D eigenvalue weighted by Crippen LogP contribution is 2.42. The number of amides is 1. The van der Waals surface area contributed by atoms with E-state index in [9.17, 15) is 4.79 Å². The van der Waals surface area contributed by atoms with Crippen molar-refractivity contribution in [1.82, 2.24) is 0 Å². The molecule has 2 aliphatic carbocycles. The SMILES string of the molecule is Cc1c2c(C)c(-c3cccc4c3C=CC4)c(C(N)=O)c1CC2. The van der Waals surface area contributed by atoms with Gasteiger partial charge in [0.05, 0.1) is 5.56 Å². The third-order valence-corrected chi connectivity index (χ3v) is 5.24. The molecule has 2 bridgehead atoms. The molecule has 2 heteroatoms. The highest BCUT2D eigenvalue weighted by atomic mass is 16.1. The fourth-order valence-corrected chi connectivity index (χ4v) is 4.20. The molecule has 0 fully saturated rings. The zero-order chi connectivity index (χ0) is 15.4.